The molecule has 1 fully saturated rings. The fraction of sp³-hybridized carbons (Fsp3) is 0.929. The van der Waals surface area contributed by atoms with Gasteiger partial charge in [0.05, 0.1) is 12.6 Å². The molecule has 0 radical (unpaired) electrons. The summed E-state index contributed by atoms with van der Waals surface area (Å²) in [7, 11) is 0. The van der Waals surface area contributed by atoms with Crippen LogP contribution in [0, 0.1) is 17.3 Å². The number of carbonyl (C=O) groups excluding carboxylic acids is 1. The standard InChI is InChI=1S/C14H27NO2/c1-10(2)12(9-16)15-13(17)11-7-5-6-8-14(11,3)4/h10-12,16H,5-9H2,1-4H3,(H,15,17)/t11?,12-/m1/s1. The topological polar surface area (TPSA) is 49.3 Å². The summed E-state index contributed by atoms with van der Waals surface area (Å²) in [6.45, 7) is 8.43. The van der Waals surface area contributed by atoms with Crippen molar-refractivity contribution in [3.8, 4) is 0 Å². The first-order valence-corrected chi connectivity index (χ1v) is 6.79. The zero-order valence-corrected chi connectivity index (χ0v) is 11.6. The van der Waals surface area contributed by atoms with Crippen LogP contribution < -0.4 is 5.32 Å². The van der Waals surface area contributed by atoms with Gasteiger partial charge in [0.1, 0.15) is 0 Å². The molecule has 0 aromatic carbocycles. The summed E-state index contributed by atoms with van der Waals surface area (Å²) in [5.41, 5.74) is 0.0965. The molecule has 0 aromatic rings. The number of aliphatic hydroxyl groups excluding tert-OH is 1. The second-order valence-electron chi connectivity index (χ2n) is 6.33. The predicted octanol–water partition coefficient (Wildman–Crippen LogP) is 2.34. The van der Waals surface area contributed by atoms with Gasteiger partial charge in [-0.1, -0.05) is 40.5 Å². The fourth-order valence-electron chi connectivity index (χ4n) is 2.69. The predicted molar refractivity (Wildman–Crippen MR) is 69.6 cm³/mol. The number of rotatable bonds is 4. The van der Waals surface area contributed by atoms with Crippen LogP contribution in [0.2, 0.25) is 0 Å². The maximum absolute atomic E-state index is 12.3. The van der Waals surface area contributed by atoms with E-state index < -0.39 is 0 Å². The fourth-order valence-corrected chi connectivity index (χ4v) is 2.69. The number of amides is 1. The van der Waals surface area contributed by atoms with Gasteiger partial charge in [-0.15, -0.1) is 0 Å². The molecule has 0 heterocycles. The van der Waals surface area contributed by atoms with Gasteiger partial charge in [0.2, 0.25) is 5.91 Å². The first-order valence-electron chi connectivity index (χ1n) is 6.79. The van der Waals surface area contributed by atoms with Gasteiger partial charge >= 0.3 is 0 Å². The second-order valence-corrected chi connectivity index (χ2v) is 6.33. The minimum Gasteiger partial charge on any atom is -0.394 e. The lowest BCUT2D eigenvalue weighted by Crippen LogP contribution is -2.48. The van der Waals surface area contributed by atoms with Crippen molar-refractivity contribution in [3.63, 3.8) is 0 Å². The number of aliphatic hydroxyl groups is 1. The van der Waals surface area contributed by atoms with Crippen LogP contribution in [0.1, 0.15) is 53.4 Å². The van der Waals surface area contributed by atoms with Crippen molar-refractivity contribution < 1.29 is 9.90 Å². The molecular formula is C14H27NO2. The van der Waals surface area contributed by atoms with Crippen LogP contribution >= 0.6 is 0 Å². The number of hydrogen-bond acceptors (Lipinski definition) is 2. The van der Waals surface area contributed by atoms with Gasteiger partial charge < -0.3 is 10.4 Å². The van der Waals surface area contributed by atoms with Gasteiger partial charge in [0.25, 0.3) is 0 Å². The molecule has 0 spiro atoms. The molecule has 3 nitrogen and oxygen atoms in total. The van der Waals surface area contributed by atoms with Crippen LogP contribution in [0.15, 0.2) is 0 Å². The molecule has 2 atom stereocenters. The molecule has 0 aliphatic heterocycles. The second kappa shape index (κ2) is 5.85. The Morgan fingerprint density at radius 3 is 2.53 bits per heavy atom. The van der Waals surface area contributed by atoms with Gasteiger partial charge in [-0.25, -0.2) is 0 Å². The van der Waals surface area contributed by atoms with E-state index in [0.717, 1.165) is 19.3 Å². The molecule has 0 aromatic heterocycles. The summed E-state index contributed by atoms with van der Waals surface area (Å²) in [5, 5.41) is 12.3. The van der Waals surface area contributed by atoms with E-state index in [1.807, 2.05) is 13.8 Å². The van der Waals surface area contributed by atoms with Gasteiger partial charge in [-0.05, 0) is 24.2 Å². The molecule has 0 saturated heterocycles. The number of hydrogen-bond donors (Lipinski definition) is 2. The van der Waals surface area contributed by atoms with E-state index in [0.29, 0.717) is 0 Å². The third-order valence-electron chi connectivity index (χ3n) is 4.15. The van der Waals surface area contributed by atoms with Crippen molar-refractivity contribution in [2.24, 2.45) is 17.3 Å². The van der Waals surface area contributed by atoms with Crippen molar-refractivity contribution in [2.45, 2.75) is 59.4 Å². The van der Waals surface area contributed by atoms with Crippen molar-refractivity contribution in [3.05, 3.63) is 0 Å². The van der Waals surface area contributed by atoms with E-state index in [2.05, 4.69) is 19.2 Å². The smallest absolute Gasteiger partial charge is 0.223 e. The van der Waals surface area contributed by atoms with Crippen molar-refractivity contribution >= 4 is 5.91 Å². The molecule has 1 aliphatic rings. The summed E-state index contributed by atoms with van der Waals surface area (Å²) >= 11 is 0. The molecule has 100 valence electrons. The van der Waals surface area contributed by atoms with Crippen LogP contribution in [0.4, 0.5) is 0 Å². The number of nitrogens with one attached hydrogen (secondary N) is 1. The SMILES string of the molecule is CC(C)[C@@H](CO)NC(=O)C1CCCCC1(C)C. The highest BCUT2D eigenvalue weighted by molar-refractivity contribution is 5.79. The average molecular weight is 241 g/mol. The van der Waals surface area contributed by atoms with Crippen molar-refractivity contribution in [1.29, 1.82) is 0 Å². The first-order chi connectivity index (χ1) is 7.88. The van der Waals surface area contributed by atoms with E-state index in [4.69, 9.17) is 0 Å². The van der Waals surface area contributed by atoms with E-state index in [1.165, 1.54) is 6.42 Å². The van der Waals surface area contributed by atoms with Crippen molar-refractivity contribution in [1.82, 2.24) is 5.32 Å². The molecule has 1 rings (SSSR count). The zero-order valence-electron chi connectivity index (χ0n) is 11.6. The highest BCUT2D eigenvalue weighted by atomic mass is 16.3. The minimum atomic E-state index is -0.111. The van der Waals surface area contributed by atoms with E-state index >= 15 is 0 Å². The number of carbonyl (C=O) groups is 1. The largest absolute Gasteiger partial charge is 0.394 e. The van der Waals surface area contributed by atoms with E-state index in [1.54, 1.807) is 0 Å². The zero-order chi connectivity index (χ0) is 13.1. The Bertz CT molecular complexity index is 261. The van der Waals surface area contributed by atoms with Gasteiger partial charge in [-0.3, -0.25) is 4.79 Å². The molecule has 1 saturated carbocycles. The van der Waals surface area contributed by atoms with Crippen LogP contribution in [-0.4, -0.2) is 23.7 Å². The summed E-state index contributed by atoms with van der Waals surface area (Å²) in [4.78, 5) is 12.3. The lowest BCUT2D eigenvalue weighted by molar-refractivity contribution is -0.131. The third-order valence-corrected chi connectivity index (χ3v) is 4.15. The molecule has 1 aliphatic carbocycles. The highest BCUT2D eigenvalue weighted by Crippen LogP contribution is 2.40. The Morgan fingerprint density at radius 1 is 1.41 bits per heavy atom. The first kappa shape index (κ1) is 14.5. The van der Waals surface area contributed by atoms with E-state index in [-0.39, 0.29) is 35.8 Å². The molecule has 1 amide bonds. The summed E-state index contributed by atoms with van der Waals surface area (Å²) < 4.78 is 0. The molecule has 3 heteroatoms. The van der Waals surface area contributed by atoms with Crippen LogP contribution in [0.5, 0.6) is 0 Å². The lowest BCUT2D eigenvalue weighted by Gasteiger charge is -2.38. The van der Waals surface area contributed by atoms with Gasteiger partial charge in [0, 0.05) is 5.92 Å². The average Bonchev–Trinajstić information content (AvgIpc) is 2.24. The Balaban J connectivity index is 2.62. The molecule has 0 bridgehead atoms. The Kier molecular flexibility index (Phi) is 4.99. The molecule has 17 heavy (non-hydrogen) atoms. The minimum absolute atomic E-state index is 0.0244. The highest BCUT2D eigenvalue weighted by Gasteiger charge is 2.37. The normalized spacial score (nSPS) is 25.6. The van der Waals surface area contributed by atoms with Gasteiger partial charge in [0.15, 0.2) is 0 Å². The molecule has 1 unspecified atom stereocenters. The van der Waals surface area contributed by atoms with E-state index in [9.17, 15) is 9.90 Å². The van der Waals surface area contributed by atoms with Crippen LogP contribution in [-0.2, 0) is 4.79 Å². The summed E-state index contributed by atoms with van der Waals surface area (Å²) in [5.74, 6) is 0.502. The molecule has 2 N–H and O–H groups in total. The third kappa shape index (κ3) is 3.70. The van der Waals surface area contributed by atoms with Gasteiger partial charge in [-0.2, -0.15) is 0 Å². The molecular weight excluding hydrogens is 214 g/mol. The summed E-state index contributed by atoms with van der Waals surface area (Å²) in [6, 6.07) is -0.111. The van der Waals surface area contributed by atoms with Crippen molar-refractivity contribution in [2.75, 3.05) is 6.61 Å². The Morgan fingerprint density at radius 2 is 2.06 bits per heavy atom. The Hall–Kier alpha value is -0.570. The quantitative estimate of drug-likeness (QED) is 0.793. The maximum atomic E-state index is 12.3. The van der Waals surface area contributed by atoms with Crippen LogP contribution in [0.3, 0.4) is 0 Å². The lowest BCUT2D eigenvalue weighted by atomic mass is 9.68. The van der Waals surface area contributed by atoms with Crippen LogP contribution in [0.25, 0.3) is 0 Å². The Labute approximate surface area is 105 Å². The maximum Gasteiger partial charge on any atom is 0.223 e. The summed E-state index contributed by atoms with van der Waals surface area (Å²) in [6.07, 6.45) is 4.48. The monoisotopic (exact) mass is 241 g/mol.